The molecule has 0 saturated carbocycles. The Labute approximate surface area is 175 Å². The van der Waals surface area contributed by atoms with E-state index in [0.29, 0.717) is 22.9 Å². The monoisotopic (exact) mass is 400 g/mol. The van der Waals surface area contributed by atoms with Gasteiger partial charge in [-0.05, 0) is 41.3 Å². The lowest BCUT2D eigenvalue weighted by Crippen LogP contribution is -2.04. The van der Waals surface area contributed by atoms with Gasteiger partial charge in [0.05, 0.1) is 17.1 Å². The molecule has 0 unspecified atom stereocenters. The number of benzene rings is 2. The molecule has 0 aliphatic carbocycles. The topological polar surface area (TPSA) is 67.6 Å². The fraction of sp³-hybridized carbons (Fsp3) is 0.0833. The molecule has 0 fully saturated rings. The third kappa shape index (κ3) is 4.16. The highest BCUT2D eigenvalue weighted by Gasteiger charge is 2.16. The number of anilines is 1. The summed E-state index contributed by atoms with van der Waals surface area (Å²) in [5.74, 6) is 0.433. The Hall–Kier alpha value is -3.55. The van der Waals surface area contributed by atoms with Crippen molar-refractivity contribution in [1.82, 2.24) is 9.78 Å². The fourth-order valence-corrected chi connectivity index (χ4v) is 3.45. The van der Waals surface area contributed by atoms with Gasteiger partial charge in [0.25, 0.3) is 0 Å². The SMILES string of the molecule is C=C/C=C(\C=C)c1ccc(Cn2nc(N)c(-c3ccc(C#N)c(Cl)c3)c2C)cc1. The summed E-state index contributed by atoms with van der Waals surface area (Å²) in [4.78, 5) is 0. The van der Waals surface area contributed by atoms with Gasteiger partial charge in [0.15, 0.2) is 5.82 Å². The van der Waals surface area contributed by atoms with Crippen LogP contribution in [0.4, 0.5) is 5.82 Å². The third-order valence-corrected chi connectivity index (χ3v) is 5.06. The van der Waals surface area contributed by atoms with Crippen LogP contribution in [0.1, 0.15) is 22.4 Å². The summed E-state index contributed by atoms with van der Waals surface area (Å²) in [6, 6.07) is 15.6. The van der Waals surface area contributed by atoms with Gasteiger partial charge < -0.3 is 5.73 Å². The quantitative estimate of drug-likeness (QED) is 0.534. The van der Waals surface area contributed by atoms with E-state index in [1.807, 2.05) is 29.8 Å². The molecule has 1 heterocycles. The molecule has 4 nitrogen and oxygen atoms in total. The predicted molar refractivity (Wildman–Crippen MR) is 120 cm³/mol. The van der Waals surface area contributed by atoms with Gasteiger partial charge in [-0.15, -0.1) is 0 Å². The van der Waals surface area contributed by atoms with E-state index in [1.54, 1.807) is 18.2 Å². The van der Waals surface area contributed by atoms with E-state index in [9.17, 15) is 0 Å². The third-order valence-electron chi connectivity index (χ3n) is 4.75. The van der Waals surface area contributed by atoms with Crippen molar-refractivity contribution in [3.8, 4) is 17.2 Å². The molecule has 2 N–H and O–H groups in total. The minimum absolute atomic E-state index is 0.401. The summed E-state index contributed by atoms with van der Waals surface area (Å²) in [7, 11) is 0. The van der Waals surface area contributed by atoms with Gasteiger partial charge in [0, 0.05) is 11.3 Å². The van der Waals surface area contributed by atoms with Gasteiger partial charge in [-0.3, -0.25) is 4.68 Å². The second-order valence-corrected chi connectivity index (χ2v) is 6.98. The molecule has 0 spiro atoms. The van der Waals surface area contributed by atoms with Crippen molar-refractivity contribution in [3.63, 3.8) is 0 Å². The van der Waals surface area contributed by atoms with Crippen LogP contribution in [0.2, 0.25) is 5.02 Å². The molecule has 29 heavy (non-hydrogen) atoms. The lowest BCUT2D eigenvalue weighted by Gasteiger charge is -2.08. The van der Waals surface area contributed by atoms with Crippen molar-refractivity contribution in [2.45, 2.75) is 13.5 Å². The number of nitrogens with zero attached hydrogens (tertiary/aromatic N) is 3. The Kier molecular flexibility index (Phi) is 6.01. The Bertz CT molecular complexity index is 1140. The molecule has 0 bridgehead atoms. The van der Waals surface area contributed by atoms with Crippen molar-refractivity contribution in [3.05, 3.63) is 101 Å². The molecule has 3 aromatic rings. The molecule has 0 atom stereocenters. The van der Waals surface area contributed by atoms with Crippen LogP contribution in [0.25, 0.3) is 16.7 Å². The molecule has 0 amide bonds. The standard InChI is InChI=1S/C24H21ClN4/c1-4-6-18(5-2)19-9-7-17(8-10-19)15-29-16(3)23(24(27)28-29)20-11-12-21(14-26)22(25)13-20/h4-13H,1-2,15H2,3H3,(H2,27,28)/b18-6+. The van der Waals surface area contributed by atoms with E-state index >= 15 is 0 Å². The second kappa shape index (κ2) is 8.64. The number of allylic oxidation sites excluding steroid dienone is 4. The van der Waals surface area contributed by atoms with Crippen LogP contribution in [0, 0.1) is 18.3 Å². The van der Waals surface area contributed by atoms with Gasteiger partial charge in [-0.1, -0.05) is 73.3 Å². The van der Waals surface area contributed by atoms with E-state index in [0.717, 1.165) is 33.5 Å². The summed E-state index contributed by atoms with van der Waals surface area (Å²) in [5.41, 5.74) is 12.4. The van der Waals surface area contributed by atoms with Crippen molar-refractivity contribution >= 4 is 23.0 Å². The van der Waals surface area contributed by atoms with E-state index in [-0.39, 0.29) is 0 Å². The molecular weight excluding hydrogens is 380 g/mol. The number of hydrogen-bond donors (Lipinski definition) is 1. The lowest BCUT2D eigenvalue weighted by atomic mass is 10.0. The van der Waals surface area contributed by atoms with E-state index in [2.05, 4.69) is 48.6 Å². The molecule has 0 saturated heterocycles. The average Bonchev–Trinajstić information content (AvgIpc) is 2.99. The molecule has 0 aliphatic rings. The maximum atomic E-state index is 9.07. The Morgan fingerprint density at radius 2 is 1.97 bits per heavy atom. The van der Waals surface area contributed by atoms with Crippen LogP contribution in [0.3, 0.4) is 0 Å². The normalized spacial score (nSPS) is 11.1. The number of nitrogen functional groups attached to an aromatic ring is 1. The van der Waals surface area contributed by atoms with E-state index in [1.165, 1.54) is 0 Å². The molecular formula is C24H21ClN4. The number of nitriles is 1. The Morgan fingerprint density at radius 3 is 2.55 bits per heavy atom. The molecule has 0 aliphatic heterocycles. The molecule has 1 aromatic heterocycles. The van der Waals surface area contributed by atoms with Gasteiger partial charge in [-0.2, -0.15) is 10.4 Å². The smallest absolute Gasteiger partial charge is 0.153 e. The highest BCUT2D eigenvalue weighted by Crippen LogP contribution is 2.32. The van der Waals surface area contributed by atoms with Crippen LogP contribution in [0.15, 0.2) is 73.9 Å². The molecule has 3 rings (SSSR count). The summed E-state index contributed by atoms with van der Waals surface area (Å²) in [6.07, 6.45) is 5.48. The highest BCUT2D eigenvalue weighted by molar-refractivity contribution is 6.32. The Balaban J connectivity index is 1.90. The van der Waals surface area contributed by atoms with E-state index in [4.69, 9.17) is 22.6 Å². The number of halogens is 1. The number of rotatable bonds is 6. The Morgan fingerprint density at radius 1 is 1.24 bits per heavy atom. The molecule has 5 heteroatoms. The summed E-state index contributed by atoms with van der Waals surface area (Å²) in [5, 5.41) is 14.0. The van der Waals surface area contributed by atoms with Crippen molar-refractivity contribution in [1.29, 1.82) is 5.26 Å². The lowest BCUT2D eigenvalue weighted by molar-refractivity contribution is 0.668. The first-order valence-corrected chi connectivity index (χ1v) is 9.43. The second-order valence-electron chi connectivity index (χ2n) is 6.57. The summed E-state index contributed by atoms with van der Waals surface area (Å²) in [6.45, 7) is 10.1. The van der Waals surface area contributed by atoms with Gasteiger partial charge in [0.1, 0.15) is 6.07 Å². The van der Waals surface area contributed by atoms with Crippen LogP contribution in [0.5, 0.6) is 0 Å². The molecule has 2 aromatic carbocycles. The van der Waals surface area contributed by atoms with Crippen molar-refractivity contribution in [2.75, 3.05) is 5.73 Å². The minimum Gasteiger partial charge on any atom is -0.382 e. The largest absolute Gasteiger partial charge is 0.382 e. The van der Waals surface area contributed by atoms with Crippen molar-refractivity contribution in [2.24, 2.45) is 0 Å². The fourth-order valence-electron chi connectivity index (χ4n) is 3.23. The van der Waals surface area contributed by atoms with Crippen LogP contribution in [-0.4, -0.2) is 9.78 Å². The van der Waals surface area contributed by atoms with Crippen molar-refractivity contribution < 1.29 is 0 Å². The van der Waals surface area contributed by atoms with E-state index < -0.39 is 0 Å². The first-order valence-electron chi connectivity index (χ1n) is 9.05. The molecule has 0 radical (unpaired) electrons. The van der Waals surface area contributed by atoms with Crippen LogP contribution >= 0.6 is 11.6 Å². The van der Waals surface area contributed by atoms with Gasteiger partial charge >= 0.3 is 0 Å². The first-order chi connectivity index (χ1) is 14.0. The van der Waals surface area contributed by atoms with Crippen LogP contribution in [-0.2, 0) is 6.54 Å². The summed E-state index contributed by atoms with van der Waals surface area (Å²) < 4.78 is 1.87. The first kappa shape index (κ1) is 20.2. The minimum atomic E-state index is 0.401. The van der Waals surface area contributed by atoms with Crippen LogP contribution < -0.4 is 5.73 Å². The van der Waals surface area contributed by atoms with Gasteiger partial charge in [-0.25, -0.2) is 0 Å². The number of nitrogens with two attached hydrogens (primary N) is 1. The zero-order valence-electron chi connectivity index (χ0n) is 16.2. The maximum absolute atomic E-state index is 9.07. The number of hydrogen-bond acceptors (Lipinski definition) is 3. The average molecular weight is 401 g/mol. The molecule has 144 valence electrons. The summed E-state index contributed by atoms with van der Waals surface area (Å²) >= 11 is 6.19. The maximum Gasteiger partial charge on any atom is 0.153 e. The van der Waals surface area contributed by atoms with Gasteiger partial charge in [0.2, 0.25) is 0 Å². The zero-order chi connectivity index (χ0) is 21.0. The zero-order valence-corrected chi connectivity index (χ0v) is 16.9. The number of aromatic nitrogens is 2. The highest BCUT2D eigenvalue weighted by atomic mass is 35.5. The predicted octanol–water partition coefficient (Wildman–Crippen LogP) is 5.77.